The van der Waals surface area contributed by atoms with Gasteiger partial charge in [-0.25, -0.2) is 0 Å². The van der Waals surface area contributed by atoms with E-state index in [1.54, 1.807) is 0 Å². The second-order valence-corrected chi connectivity index (χ2v) is 4.35. The lowest BCUT2D eigenvalue weighted by molar-refractivity contribution is -0.384. The number of rotatable bonds is 4. The third-order valence-corrected chi connectivity index (χ3v) is 3.03. The maximum atomic E-state index is 10.9. The summed E-state index contributed by atoms with van der Waals surface area (Å²) in [6.07, 6.45) is 1.64. The van der Waals surface area contributed by atoms with Crippen LogP contribution in [0.3, 0.4) is 0 Å². The molecule has 0 saturated heterocycles. The molecule has 6 heteroatoms. The van der Waals surface area contributed by atoms with E-state index >= 15 is 0 Å². The molecule has 1 aliphatic rings. The highest BCUT2D eigenvalue weighted by atomic mass is 16.6. The molecular formula is C12H10N4O2. The molecule has 0 atom stereocenters. The van der Waals surface area contributed by atoms with Gasteiger partial charge in [0.15, 0.2) is 0 Å². The van der Waals surface area contributed by atoms with Crippen molar-refractivity contribution in [2.24, 2.45) is 5.41 Å². The van der Waals surface area contributed by atoms with Crippen LogP contribution < -0.4 is 5.32 Å². The fourth-order valence-corrected chi connectivity index (χ4v) is 1.65. The highest BCUT2D eigenvalue weighted by molar-refractivity contribution is 5.64. The average molecular weight is 242 g/mol. The molecule has 0 unspecified atom stereocenters. The summed E-state index contributed by atoms with van der Waals surface area (Å²) in [5.41, 5.74) is 0.0823. The minimum absolute atomic E-state index is 0.136. The molecule has 0 amide bonds. The summed E-state index contributed by atoms with van der Waals surface area (Å²) in [6, 6.07) is 8.32. The van der Waals surface area contributed by atoms with E-state index in [4.69, 9.17) is 10.5 Å². The van der Waals surface area contributed by atoms with Crippen molar-refractivity contribution in [1.29, 1.82) is 10.5 Å². The standard InChI is InChI=1S/C12H10N4O2/c13-6-9-1-2-10(11(5-9)16(17)18)15-8-12(7-14)3-4-12/h1-2,5,15H,3-4,8H2. The minimum atomic E-state index is -0.533. The van der Waals surface area contributed by atoms with Crippen molar-refractivity contribution in [3.05, 3.63) is 33.9 Å². The van der Waals surface area contributed by atoms with Crippen molar-refractivity contribution >= 4 is 11.4 Å². The number of nitro groups is 1. The molecular weight excluding hydrogens is 232 g/mol. The van der Waals surface area contributed by atoms with Crippen LogP contribution in [-0.4, -0.2) is 11.5 Å². The number of nitrogens with zero attached hydrogens (tertiary/aromatic N) is 3. The molecule has 1 aromatic rings. The van der Waals surface area contributed by atoms with E-state index in [1.807, 2.05) is 6.07 Å². The Bertz CT molecular complexity index is 579. The van der Waals surface area contributed by atoms with Gasteiger partial charge in [0.2, 0.25) is 0 Å². The van der Waals surface area contributed by atoms with Gasteiger partial charge in [-0.2, -0.15) is 10.5 Å². The first-order valence-electron chi connectivity index (χ1n) is 5.44. The Kier molecular flexibility index (Phi) is 2.86. The van der Waals surface area contributed by atoms with Gasteiger partial charge in [0.05, 0.1) is 28.0 Å². The zero-order valence-electron chi connectivity index (χ0n) is 9.51. The molecule has 0 spiro atoms. The SMILES string of the molecule is N#Cc1ccc(NCC2(C#N)CC2)c([N+](=O)[O-])c1. The number of benzene rings is 1. The fraction of sp³-hybridized carbons (Fsp3) is 0.333. The lowest BCUT2D eigenvalue weighted by Crippen LogP contribution is -2.14. The van der Waals surface area contributed by atoms with Gasteiger partial charge < -0.3 is 5.32 Å². The Morgan fingerprint density at radius 2 is 2.17 bits per heavy atom. The van der Waals surface area contributed by atoms with E-state index in [2.05, 4.69) is 11.4 Å². The molecule has 1 fully saturated rings. The quantitative estimate of drug-likeness (QED) is 0.643. The molecule has 1 N–H and O–H groups in total. The number of nitrogens with one attached hydrogen (secondary N) is 1. The molecule has 1 aliphatic carbocycles. The monoisotopic (exact) mass is 242 g/mol. The number of anilines is 1. The summed E-state index contributed by atoms with van der Waals surface area (Å²) in [7, 11) is 0. The van der Waals surface area contributed by atoms with Crippen LogP contribution in [0.2, 0.25) is 0 Å². The van der Waals surface area contributed by atoms with Crippen molar-refractivity contribution in [2.45, 2.75) is 12.8 Å². The van der Waals surface area contributed by atoms with E-state index in [-0.39, 0.29) is 16.7 Å². The summed E-state index contributed by atoms with van der Waals surface area (Å²) in [5, 5.41) is 31.5. The van der Waals surface area contributed by atoms with E-state index in [0.717, 1.165) is 12.8 Å². The van der Waals surface area contributed by atoms with Crippen LogP contribution in [0.1, 0.15) is 18.4 Å². The summed E-state index contributed by atoms with van der Waals surface area (Å²) < 4.78 is 0. The zero-order valence-corrected chi connectivity index (χ0v) is 9.51. The summed E-state index contributed by atoms with van der Waals surface area (Å²) >= 11 is 0. The highest BCUT2D eigenvalue weighted by Crippen LogP contribution is 2.45. The third-order valence-electron chi connectivity index (χ3n) is 3.03. The smallest absolute Gasteiger partial charge is 0.293 e. The highest BCUT2D eigenvalue weighted by Gasteiger charge is 2.43. The number of nitro benzene ring substituents is 1. The van der Waals surface area contributed by atoms with Crippen LogP contribution in [-0.2, 0) is 0 Å². The Balaban J connectivity index is 2.20. The molecule has 90 valence electrons. The fourth-order valence-electron chi connectivity index (χ4n) is 1.65. The zero-order chi connectivity index (χ0) is 13.2. The van der Waals surface area contributed by atoms with E-state index in [9.17, 15) is 10.1 Å². The van der Waals surface area contributed by atoms with Gasteiger partial charge in [-0.3, -0.25) is 10.1 Å². The van der Waals surface area contributed by atoms with Crippen molar-refractivity contribution in [2.75, 3.05) is 11.9 Å². The molecule has 2 rings (SSSR count). The van der Waals surface area contributed by atoms with Gasteiger partial charge in [0, 0.05) is 12.6 Å². The second kappa shape index (κ2) is 4.34. The van der Waals surface area contributed by atoms with Gasteiger partial charge >= 0.3 is 0 Å². The maximum Gasteiger partial charge on any atom is 0.293 e. The molecule has 18 heavy (non-hydrogen) atoms. The Hall–Kier alpha value is -2.60. The first-order chi connectivity index (χ1) is 8.60. The normalized spacial score (nSPS) is 15.2. The maximum absolute atomic E-state index is 10.9. The molecule has 0 heterocycles. The Morgan fingerprint density at radius 1 is 1.44 bits per heavy atom. The molecule has 0 aromatic heterocycles. The van der Waals surface area contributed by atoms with Crippen molar-refractivity contribution in [3.8, 4) is 12.1 Å². The molecule has 0 aliphatic heterocycles. The van der Waals surface area contributed by atoms with E-state index < -0.39 is 4.92 Å². The first kappa shape index (κ1) is 11.9. The topological polar surface area (TPSA) is 103 Å². The molecule has 1 saturated carbocycles. The van der Waals surface area contributed by atoms with E-state index in [0.29, 0.717) is 12.2 Å². The van der Waals surface area contributed by atoms with Gasteiger partial charge in [-0.15, -0.1) is 0 Å². The van der Waals surface area contributed by atoms with Gasteiger partial charge in [-0.1, -0.05) is 0 Å². The predicted molar refractivity (Wildman–Crippen MR) is 63.6 cm³/mol. The van der Waals surface area contributed by atoms with Crippen LogP contribution in [0.25, 0.3) is 0 Å². The second-order valence-electron chi connectivity index (χ2n) is 4.35. The Morgan fingerprint density at radius 3 is 2.67 bits per heavy atom. The van der Waals surface area contributed by atoms with Gasteiger partial charge in [-0.05, 0) is 25.0 Å². The van der Waals surface area contributed by atoms with Crippen molar-refractivity contribution in [1.82, 2.24) is 0 Å². The minimum Gasteiger partial charge on any atom is -0.378 e. The van der Waals surface area contributed by atoms with Crippen LogP contribution in [0.15, 0.2) is 18.2 Å². The van der Waals surface area contributed by atoms with Gasteiger partial charge in [0.25, 0.3) is 5.69 Å². The van der Waals surface area contributed by atoms with Gasteiger partial charge in [0.1, 0.15) is 5.69 Å². The Labute approximate surface area is 104 Å². The summed E-state index contributed by atoms with van der Waals surface area (Å²) in [6.45, 7) is 0.399. The lowest BCUT2D eigenvalue weighted by Gasteiger charge is -2.09. The number of hydrogen-bond acceptors (Lipinski definition) is 5. The van der Waals surface area contributed by atoms with Crippen molar-refractivity contribution in [3.63, 3.8) is 0 Å². The molecule has 6 nitrogen and oxygen atoms in total. The number of nitriles is 2. The third kappa shape index (κ3) is 2.23. The van der Waals surface area contributed by atoms with Crippen LogP contribution in [0.4, 0.5) is 11.4 Å². The van der Waals surface area contributed by atoms with Crippen LogP contribution >= 0.6 is 0 Å². The predicted octanol–water partition coefficient (Wildman–Crippen LogP) is 2.18. The summed E-state index contributed by atoms with van der Waals surface area (Å²) in [4.78, 5) is 10.4. The largest absolute Gasteiger partial charge is 0.378 e. The first-order valence-corrected chi connectivity index (χ1v) is 5.44. The van der Waals surface area contributed by atoms with Crippen molar-refractivity contribution < 1.29 is 4.92 Å². The molecule has 0 radical (unpaired) electrons. The van der Waals surface area contributed by atoms with Crippen LogP contribution in [0, 0.1) is 38.2 Å². The molecule has 0 bridgehead atoms. The number of hydrogen-bond donors (Lipinski definition) is 1. The average Bonchev–Trinajstić information content (AvgIpc) is 3.16. The lowest BCUT2D eigenvalue weighted by atomic mass is 10.1. The summed E-state index contributed by atoms with van der Waals surface area (Å²) in [5.74, 6) is 0. The molecule has 1 aromatic carbocycles. The van der Waals surface area contributed by atoms with Crippen LogP contribution in [0.5, 0.6) is 0 Å². The van der Waals surface area contributed by atoms with E-state index in [1.165, 1.54) is 18.2 Å².